The Bertz CT molecular complexity index is 593. The van der Waals surface area contributed by atoms with Crippen LogP contribution in [0.15, 0.2) is 12.1 Å². The molecular formula is C17H24N2O5. The maximum absolute atomic E-state index is 12.1. The number of β-amino-alcohol motifs (C(OH)–C–C–N with tert-alkyl or cyclic N) is 1. The molecule has 1 fully saturated rings. The molecule has 2 aliphatic rings. The molecule has 2 N–H and O–H groups in total. The van der Waals surface area contributed by atoms with Crippen molar-refractivity contribution in [1.29, 1.82) is 0 Å². The zero-order chi connectivity index (χ0) is 16.9. The summed E-state index contributed by atoms with van der Waals surface area (Å²) in [6.07, 6.45) is 1.40. The predicted molar refractivity (Wildman–Crippen MR) is 87.5 cm³/mol. The molecule has 0 unspecified atom stereocenters. The lowest BCUT2D eigenvalue weighted by Crippen LogP contribution is -2.44. The average molecular weight is 336 g/mol. The van der Waals surface area contributed by atoms with E-state index in [1.807, 2.05) is 11.0 Å². The molecule has 1 atom stereocenters. The Morgan fingerprint density at radius 1 is 1.38 bits per heavy atom. The van der Waals surface area contributed by atoms with Crippen molar-refractivity contribution in [1.82, 2.24) is 10.2 Å². The number of hydrogen-bond acceptors (Lipinski definition) is 6. The monoisotopic (exact) mass is 336 g/mol. The van der Waals surface area contributed by atoms with Gasteiger partial charge in [-0.2, -0.15) is 0 Å². The number of hydrogen-bond donors (Lipinski definition) is 2. The molecule has 1 aromatic rings. The molecule has 0 bridgehead atoms. The molecule has 24 heavy (non-hydrogen) atoms. The number of ether oxygens (including phenoxy) is 3. The number of fused-ring (bicyclic) bond motifs is 1. The van der Waals surface area contributed by atoms with Crippen LogP contribution in [0.25, 0.3) is 0 Å². The second-order valence-electron chi connectivity index (χ2n) is 6.12. The van der Waals surface area contributed by atoms with Crippen LogP contribution in [0.4, 0.5) is 0 Å². The average Bonchev–Trinajstić information content (AvgIpc) is 2.59. The highest BCUT2D eigenvalue weighted by atomic mass is 16.6. The van der Waals surface area contributed by atoms with Crippen LogP contribution < -0.4 is 19.5 Å². The van der Waals surface area contributed by atoms with Gasteiger partial charge in [0.05, 0.1) is 19.8 Å². The Morgan fingerprint density at radius 3 is 2.83 bits per heavy atom. The van der Waals surface area contributed by atoms with E-state index in [1.165, 1.54) is 0 Å². The second-order valence-corrected chi connectivity index (χ2v) is 6.12. The van der Waals surface area contributed by atoms with Gasteiger partial charge in [0.2, 0.25) is 5.91 Å². The molecule has 0 aromatic heterocycles. The predicted octanol–water partition coefficient (Wildman–Crippen LogP) is 0.539. The topological polar surface area (TPSA) is 80.3 Å². The van der Waals surface area contributed by atoms with E-state index in [1.54, 1.807) is 13.2 Å². The largest absolute Gasteiger partial charge is 0.496 e. The van der Waals surface area contributed by atoms with Crippen molar-refractivity contribution in [3.8, 4) is 17.2 Å². The molecule has 2 aliphatic heterocycles. The maximum atomic E-state index is 12.1. The number of amides is 1. The Hall–Kier alpha value is -1.99. The molecule has 7 nitrogen and oxygen atoms in total. The van der Waals surface area contributed by atoms with Gasteiger partial charge in [-0.05, 0) is 25.5 Å². The smallest absolute Gasteiger partial charge is 0.234 e. The van der Waals surface area contributed by atoms with Gasteiger partial charge in [-0.15, -0.1) is 0 Å². The third-order valence-electron chi connectivity index (χ3n) is 4.27. The van der Waals surface area contributed by atoms with Gasteiger partial charge in [0.25, 0.3) is 0 Å². The van der Waals surface area contributed by atoms with Crippen molar-refractivity contribution in [3.63, 3.8) is 0 Å². The van der Waals surface area contributed by atoms with Gasteiger partial charge in [-0.25, -0.2) is 0 Å². The summed E-state index contributed by atoms with van der Waals surface area (Å²) >= 11 is 0. The van der Waals surface area contributed by atoms with Crippen LogP contribution >= 0.6 is 0 Å². The van der Waals surface area contributed by atoms with Gasteiger partial charge in [0.1, 0.15) is 19.0 Å². The van der Waals surface area contributed by atoms with Crippen molar-refractivity contribution >= 4 is 5.91 Å². The number of rotatable bonds is 5. The molecule has 1 aromatic carbocycles. The van der Waals surface area contributed by atoms with Crippen LogP contribution in [-0.2, 0) is 11.3 Å². The summed E-state index contributed by atoms with van der Waals surface area (Å²) < 4.78 is 16.5. The van der Waals surface area contributed by atoms with Crippen molar-refractivity contribution in [2.75, 3.05) is 40.0 Å². The number of aliphatic hydroxyl groups excluding tert-OH is 1. The number of piperidine rings is 1. The highest BCUT2D eigenvalue weighted by Crippen LogP contribution is 2.36. The Morgan fingerprint density at radius 2 is 2.12 bits per heavy atom. The van der Waals surface area contributed by atoms with Crippen LogP contribution in [-0.4, -0.2) is 62.0 Å². The molecule has 1 saturated heterocycles. The number of carbonyl (C=O) groups is 1. The summed E-state index contributed by atoms with van der Waals surface area (Å²) in [7, 11) is 1.59. The third-order valence-corrected chi connectivity index (χ3v) is 4.27. The number of nitrogens with zero attached hydrogens (tertiary/aromatic N) is 1. The van der Waals surface area contributed by atoms with Crippen molar-refractivity contribution in [3.05, 3.63) is 17.7 Å². The molecule has 7 heteroatoms. The summed E-state index contributed by atoms with van der Waals surface area (Å²) in [5, 5.41) is 12.6. The van der Waals surface area contributed by atoms with Crippen LogP contribution in [0.5, 0.6) is 17.2 Å². The summed E-state index contributed by atoms with van der Waals surface area (Å²) in [4.78, 5) is 14.1. The van der Waals surface area contributed by atoms with Gasteiger partial charge in [-0.1, -0.05) is 0 Å². The Labute approximate surface area is 141 Å². The first kappa shape index (κ1) is 16.9. The van der Waals surface area contributed by atoms with Gasteiger partial charge in [0, 0.05) is 24.7 Å². The highest BCUT2D eigenvalue weighted by Gasteiger charge is 2.20. The summed E-state index contributed by atoms with van der Waals surface area (Å²) in [5.74, 6) is 1.93. The fraction of sp³-hybridized carbons (Fsp3) is 0.588. The molecule has 0 aliphatic carbocycles. The standard InChI is InChI=1S/C17H24N2O5/c1-22-14-8-16-15(23-5-6-24-16)7-12(14)9-18-17(21)11-19-4-2-3-13(20)10-19/h7-8,13,20H,2-6,9-11H2,1H3,(H,18,21)/t13-/m1/s1. The number of aliphatic hydroxyl groups is 1. The van der Waals surface area contributed by atoms with E-state index in [9.17, 15) is 9.90 Å². The minimum atomic E-state index is -0.329. The lowest BCUT2D eigenvalue weighted by atomic mass is 10.1. The second kappa shape index (κ2) is 7.72. The number of carbonyl (C=O) groups excluding carboxylic acids is 1. The minimum Gasteiger partial charge on any atom is -0.496 e. The van der Waals surface area contributed by atoms with Crippen molar-refractivity contribution in [2.45, 2.75) is 25.5 Å². The van der Waals surface area contributed by atoms with E-state index in [0.717, 1.165) is 24.9 Å². The maximum Gasteiger partial charge on any atom is 0.234 e. The highest BCUT2D eigenvalue weighted by molar-refractivity contribution is 5.78. The molecule has 1 amide bonds. The van der Waals surface area contributed by atoms with E-state index in [0.29, 0.717) is 50.1 Å². The minimum absolute atomic E-state index is 0.0685. The normalized spacial score (nSPS) is 20.5. The van der Waals surface area contributed by atoms with Crippen LogP contribution in [0.2, 0.25) is 0 Å². The third kappa shape index (κ3) is 4.10. The molecule has 0 radical (unpaired) electrons. The van der Waals surface area contributed by atoms with E-state index >= 15 is 0 Å². The van der Waals surface area contributed by atoms with Gasteiger partial charge >= 0.3 is 0 Å². The van der Waals surface area contributed by atoms with Gasteiger partial charge in [-0.3, -0.25) is 9.69 Å². The van der Waals surface area contributed by atoms with Crippen molar-refractivity contribution < 1.29 is 24.1 Å². The molecule has 2 heterocycles. The van der Waals surface area contributed by atoms with Gasteiger partial charge in [0.15, 0.2) is 11.5 Å². The van der Waals surface area contributed by atoms with E-state index < -0.39 is 0 Å². The van der Waals surface area contributed by atoms with E-state index in [2.05, 4.69) is 5.32 Å². The van der Waals surface area contributed by atoms with Gasteiger partial charge < -0.3 is 24.6 Å². The summed E-state index contributed by atoms with van der Waals surface area (Å²) in [6.45, 7) is 3.09. The first-order valence-corrected chi connectivity index (χ1v) is 8.29. The molecule has 132 valence electrons. The van der Waals surface area contributed by atoms with Crippen LogP contribution in [0, 0.1) is 0 Å². The molecule has 0 spiro atoms. The number of likely N-dealkylation sites (tertiary alicyclic amines) is 1. The van der Waals surface area contributed by atoms with Crippen molar-refractivity contribution in [2.24, 2.45) is 0 Å². The SMILES string of the molecule is COc1cc2c(cc1CNC(=O)CN1CCC[C@@H](O)C1)OCCO2. The van der Waals surface area contributed by atoms with Crippen LogP contribution in [0.1, 0.15) is 18.4 Å². The fourth-order valence-corrected chi connectivity index (χ4v) is 3.07. The van der Waals surface area contributed by atoms with E-state index in [-0.39, 0.29) is 12.0 Å². The first-order valence-electron chi connectivity index (χ1n) is 8.29. The zero-order valence-corrected chi connectivity index (χ0v) is 13.9. The number of nitrogens with one attached hydrogen (secondary N) is 1. The van der Waals surface area contributed by atoms with Crippen LogP contribution in [0.3, 0.4) is 0 Å². The Kier molecular flexibility index (Phi) is 5.42. The molecular weight excluding hydrogens is 312 g/mol. The zero-order valence-electron chi connectivity index (χ0n) is 13.9. The number of methoxy groups -OCH3 is 1. The molecule has 0 saturated carbocycles. The molecule has 3 rings (SSSR count). The first-order chi connectivity index (χ1) is 11.7. The van der Waals surface area contributed by atoms with E-state index in [4.69, 9.17) is 14.2 Å². The summed E-state index contributed by atoms with van der Waals surface area (Å²) in [5.41, 5.74) is 0.841. The quantitative estimate of drug-likeness (QED) is 0.817. The summed E-state index contributed by atoms with van der Waals surface area (Å²) in [6, 6.07) is 3.63. The lowest BCUT2D eigenvalue weighted by Gasteiger charge is -2.29. The fourth-order valence-electron chi connectivity index (χ4n) is 3.07. The Balaban J connectivity index is 1.58. The lowest BCUT2D eigenvalue weighted by molar-refractivity contribution is -0.123. The number of benzene rings is 1.